The van der Waals surface area contributed by atoms with Gasteiger partial charge in [-0.3, -0.25) is 0 Å². The minimum atomic E-state index is -1.30. The molecular weight excluding hydrogens is 243 g/mol. The first-order valence-electron chi connectivity index (χ1n) is 7.04. The van der Waals surface area contributed by atoms with Crippen molar-refractivity contribution < 1.29 is 13.9 Å². The molecule has 0 heterocycles. The molecule has 0 aliphatic heterocycles. The zero-order valence-electron chi connectivity index (χ0n) is 11.4. The van der Waals surface area contributed by atoms with Crippen molar-refractivity contribution in [3.8, 4) is 0 Å². The van der Waals surface area contributed by atoms with Crippen LogP contribution in [0.3, 0.4) is 0 Å². The molecule has 0 saturated carbocycles. The Morgan fingerprint density at radius 2 is 1.74 bits per heavy atom. The summed E-state index contributed by atoms with van der Waals surface area (Å²) in [4.78, 5) is 10.1. The summed E-state index contributed by atoms with van der Waals surface area (Å²) >= 11 is 0. The van der Waals surface area contributed by atoms with E-state index in [-0.39, 0.29) is 0 Å². The largest absolute Gasteiger partial charge is 0.381 e. The second kappa shape index (κ2) is 10.7. The van der Waals surface area contributed by atoms with E-state index in [1.807, 2.05) is 6.07 Å². The van der Waals surface area contributed by atoms with Gasteiger partial charge in [0.05, 0.1) is 0 Å². The van der Waals surface area contributed by atoms with E-state index in [4.69, 9.17) is 4.74 Å². The van der Waals surface area contributed by atoms with E-state index < -0.39 is 6.17 Å². The number of aryl methyl sites for hydroxylation is 1. The summed E-state index contributed by atoms with van der Waals surface area (Å²) in [5, 5.41) is 0. The maximum absolute atomic E-state index is 12.6. The van der Waals surface area contributed by atoms with E-state index in [0.29, 0.717) is 25.7 Å². The Hall–Kier alpha value is -1.22. The predicted molar refractivity (Wildman–Crippen MR) is 75.0 cm³/mol. The molecule has 0 N–H and O–H groups in total. The number of halogens is 1. The van der Waals surface area contributed by atoms with E-state index in [9.17, 15) is 9.18 Å². The summed E-state index contributed by atoms with van der Waals surface area (Å²) in [5.41, 5.74) is 1.37. The minimum Gasteiger partial charge on any atom is -0.381 e. The molecule has 1 unspecified atom stereocenters. The van der Waals surface area contributed by atoms with E-state index >= 15 is 0 Å². The lowest BCUT2D eigenvalue weighted by Gasteiger charge is -2.05. The number of ether oxygens (including phenoxy) is 1. The lowest BCUT2D eigenvalue weighted by atomic mass is 10.1. The van der Waals surface area contributed by atoms with Gasteiger partial charge in [-0.1, -0.05) is 30.3 Å². The van der Waals surface area contributed by atoms with Crippen molar-refractivity contribution in [3.63, 3.8) is 0 Å². The van der Waals surface area contributed by atoms with Gasteiger partial charge in [0, 0.05) is 13.2 Å². The number of alkyl halides is 1. The number of benzene rings is 1. The fourth-order valence-electron chi connectivity index (χ4n) is 1.89. The highest BCUT2D eigenvalue weighted by molar-refractivity contribution is 5.55. The van der Waals surface area contributed by atoms with Crippen molar-refractivity contribution in [3.05, 3.63) is 35.9 Å². The van der Waals surface area contributed by atoms with Crippen molar-refractivity contribution in [2.24, 2.45) is 0 Å². The van der Waals surface area contributed by atoms with E-state index in [1.165, 1.54) is 5.56 Å². The van der Waals surface area contributed by atoms with Crippen molar-refractivity contribution in [1.82, 2.24) is 0 Å². The summed E-state index contributed by atoms with van der Waals surface area (Å²) in [5.74, 6) is 0. The van der Waals surface area contributed by atoms with Gasteiger partial charge >= 0.3 is 0 Å². The average molecular weight is 266 g/mol. The first kappa shape index (κ1) is 15.8. The SMILES string of the molecule is O=CC(F)CCCCOCCCCc1ccccc1. The summed E-state index contributed by atoms with van der Waals surface area (Å²) in [6, 6.07) is 10.4. The first-order chi connectivity index (χ1) is 9.33. The summed E-state index contributed by atoms with van der Waals surface area (Å²) < 4.78 is 18.0. The zero-order chi connectivity index (χ0) is 13.8. The van der Waals surface area contributed by atoms with Crippen molar-refractivity contribution in [2.75, 3.05) is 13.2 Å². The first-order valence-corrected chi connectivity index (χ1v) is 7.04. The molecule has 0 radical (unpaired) electrons. The van der Waals surface area contributed by atoms with Gasteiger partial charge in [0.25, 0.3) is 0 Å². The molecule has 3 heteroatoms. The highest BCUT2D eigenvalue weighted by atomic mass is 19.1. The third-order valence-electron chi connectivity index (χ3n) is 3.01. The Morgan fingerprint density at radius 3 is 2.42 bits per heavy atom. The van der Waals surface area contributed by atoms with Crippen LogP contribution in [0, 0.1) is 0 Å². The molecule has 1 aromatic rings. The molecule has 1 aromatic carbocycles. The molecule has 19 heavy (non-hydrogen) atoms. The topological polar surface area (TPSA) is 26.3 Å². The Morgan fingerprint density at radius 1 is 1.05 bits per heavy atom. The molecule has 106 valence electrons. The van der Waals surface area contributed by atoms with Gasteiger partial charge in [0.1, 0.15) is 0 Å². The number of unbranched alkanes of at least 4 members (excludes halogenated alkanes) is 2. The molecule has 2 nitrogen and oxygen atoms in total. The van der Waals surface area contributed by atoms with Gasteiger partial charge in [-0.15, -0.1) is 0 Å². The van der Waals surface area contributed by atoms with Crippen molar-refractivity contribution in [2.45, 2.75) is 44.7 Å². The third kappa shape index (κ3) is 8.49. The maximum Gasteiger partial charge on any atom is 0.155 e. The quantitative estimate of drug-likeness (QED) is 0.450. The second-order valence-electron chi connectivity index (χ2n) is 4.70. The van der Waals surface area contributed by atoms with Crippen molar-refractivity contribution >= 4 is 6.29 Å². The van der Waals surface area contributed by atoms with E-state index in [2.05, 4.69) is 24.3 Å². The van der Waals surface area contributed by atoms with Crippen LogP contribution in [0.1, 0.15) is 37.7 Å². The fourth-order valence-corrected chi connectivity index (χ4v) is 1.89. The molecule has 0 aliphatic carbocycles. The molecule has 1 atom stereocenters. The van der Waals surface area contributed by atoms with Crippen molar-refractivity contribution in [1.29, 1.82) is 0 Å². The summed E-state index contributed by atoms with van der Waals surface area (Å²) in [7, 11) is 0. The second-order valence-corrected chi connectivity index (χ2v) is 4.70. The van der Waals surface area contributed by atoms with Gasteiger partial charge < -0.3 is 9.53 Å². The third-order valence-corrected chi connectivity index (χ3v) is 3.01. The number of hydrogen-bond acceptors (Lipinski definition) is 2. The van der Waals surface area contributed by atoms with Gasteiger partial charge in [0.15, 0.2) is 12.5 Å². The Kier molecular flexibility index (Phi) is 8.90. The summed E-state index contributed by atoms with van der Waals surface area (Å²) in [6.07, 6.45) is 4.19. The lowest BCUT2D eigenvalue weighted by Crippen LogP contribution is -2.03. The molecule has 0 spiro atoms. The highest BCUT2D eigenvalue weighted by Crippen LogP contribution is 2.05. The van der Waals surface area contributed by atoms with Crippen LogP contribution in [0.4, 0.5) is 4.39 Å². The van der Waals surface area contributed by atoms with Crippen LogP contribution in [0.5, 0.6) is 0 Å². The zero-order valence-corrected chi connectivity index (χ0v) is 11.4. The minimum absolute atomic E-state index is 0.320. The molecule has 0 bridgehead atoms. The lowest BCUT2D eigenvalue weighted by molar-refractivity contribution is -0.112. The standard InChI is InChI=1S/C16H23FO2/c17-16(14-18)11-5-7-13-19-12-6-4-10-15-8-2-1-3-9-15/h1-3,8-9,14,16H,4-7,10-13H2. The Labute approximate surface area is 115 Å². The molecule has 0 saturated heterocycles. The number of hydrogen-bond donors (Lipinski definition) is 0. The van der Waals surface area contributed by atoms with Crippen LogP contribution in [0.15, 0.2) is 30.3 Å². The number of carbonyl (C=O) groups excluding carboxylic acids is 1. The highest BCUT2D eigenvalue weighted by Gasteiger charge is 2.02. The Balaban J connectivity index is 1.85. The van der Waals surface area contributed by atoms with E-state index in [0.717, 1.165) is 32.3 Å². The average Bonchev–Trinajstić information content (AvgIpc) is 2.46. The van der Waals surface area contributed by atoms with Crippen LogP contribution in [-0.4, -0.2) is 25.7 Å². The summed E-state index contributed by atoms with van der Waals surface area (Å²) in [6.45, 7) is 1.43. The normalized spacial score (nSPS) is 12.3. The molecule has 1 rings (SSSR count). The van der Waals surface area contributed by atoms with E-state index in [1.54, 1.807) is 0 Å². The number of carbonyl (C=O) groups is 1. The smallest absolute Gasteiger partial charge is 0.155 e. The maximum atomic E-state index is 12.6. The van der Waals surface area contributed by atoms with Gasteiger partial charge in [-0.25, -0.2) is 4.39 Å². The van der Waals surface area contributed by atoms with Gasteiger partial charge in [0.2, 0.25) is 0 Å². The van der Waals surface area contributed by atoms with Gasteiger partial charge in [-0.05, 0) is 44.1 Å². The molecule has 0 aliphatic rings. The van der Waals surface area contributed by atoms with Crippen LogP contribution < -0.4 is 0 Å². The van der Waals surface area contributed by atoms with Gasteiger partial charge in [-0.2, -0.15) is 0 Å². The van der Waals surface area contributed by atoms with Crippen LogP contribution in [0.2, 0.25) is 0 Å². The molecule has 0 fully saturated rings. The van der Waals surface area contributed by atoms with Crippen LogP contribution >= 0.6 is 0 Å². The Bertz CT molecular complexity index is 327. The van der Waals surface area contributed by atoms with Crippen LogP contribution in [0.25, 0.3) is 0 Å². The monoisotopic (exact) mass is 266 g/mol. The molecule has 0 aromatic heterocycles. The number of rotatable bonds is 11. The molecular formula is C16H23FO2. The molecule has 0 amide bonds. The predicted octanol–water partition coefficient (Wildman–Crippen LogP) is 3.73. The fraction of sp³-hybridized carbons (Fsp3) is 0.562. The number of aldehydes is 1. The van der Waals surface area contributed by atoms with Crippen LogP contribution in [-0.2, 0) is 16.0 Å².